The number of halogens is 1. The van der Waals surface area contributed by atoms with E-state index in [1.807, 2.05) is 26.0 Å². The van der Waals surface area contributed by atoms with Crippen LogP contribution >= 0.6 is 15.9 Å². The van der Waals surface area contributed by atoms with E-state index < -0.39 is 5.54 Å². The number of hydrogen-bond acceptors (Lipinski definition) is 2. The Morgan fingerprint density at radius 2 is 2.14 bits per heavy atom. The lowest BCUT2D eigenvalue weighted by Crippen LogP contribution is -2.40. The van der Waals surface area contributed by atoms with Crippen LogP contribution in [0.5, 0.6) is 0 Å². The Labute approximate surface area is 92.1 Å². The summed E-state index contributed by atoms with van der Waals surface area (Å²) in [6.45, 7) is 5.34. The molecular formula is C10H13BrN2O. The minimum Gasteiger partial charge on any atom is -0.346 e. The van der Waals surface area contributed by atoms with Crippen molar-refractivity contribution in [2.45, 2.75) is 26.3 Å². The van der Waals surface area contributed by atoms with Gasteiger partial charge in [-0.05, 0) is 41.9 Å². The maximum Gasteiger partial charge on any atom is 0.217 e. The topological polar surface area (TPSA) is 42.0 Å². The van der Waals surface area contributed by atoms with Crippen LogP contribution in [0.3, 0.4) is 0 Å². The highest BCUT2D eigenvalue weighted by Crippen LogP contribution is 2.19. The highest BCUT2D eigenvalue weighted by molar-refractivity contribution is 9.10. The first kappa shape index (κ1) is 11.2. The summed E-state index contributed by atoms with van der Waals surface area (Å²) in [5, 5.41) is 2.84. The Bertz CT molecular complexity index is 332. The largest absolute Gasteiger partial charge is 0.346 e. The van der Waals surface area contributed by atoms with E-state index in [4.69, 9.17) is 0 Å². The van der Waals surface area contributed by atoms with Crippen LogP contribution in [0.15, 0.2) is 22.8 Å². The number of nitrogens with zero attached hydrogens (tertiary/aromatic N) is 1. The van der Waals surface area contributed by atoms with Crippen LogP contribution in [0.25, 0.3) is 0 Å². The van der Waals surface area contributed by atoms with Gasteiger partial charge in [0, 0.05) is 17.6 Å². The molecule has 4 heteroatoms. The molecule has 0 bridgehead atoms. The average molecular weight is 257 g/mol. The van der Waals surface area contributed by atoms with Gasteiger partial charge in [0.05, 0.1) is 11.2 Å². The molecule has 0 aliphatic carbocycles. The highest BCUT2D eigenvalue weighted by atomic mass is 79.9. The second-order valence-electron chi connectivity index (χ2n) is 3.67. The smallest absolute Gasteiger partial charge is 0.217 e. The summed E-state index contributed by atoms with van der Waals surface area (Å²) >= 11 is 3.31. The van der Waals surface area contributed by atoms with Crippen molar-refractivity contribution in [3.63, 3.8) is 0 Å². The first-order chi connectivity index (χ1) is 6.42. The van der Waals surface area contributed by atoms with Gasteiger partial charge in [-0.15, -0.1) is 0 Å². The molecule has 0 aliphatic rings. The van der Waals surface area contributed by atoms with Crippen LogP contribution in [0.4, 0.5) is 0 Å². The molecular weight excluding hydrogens is 244 g/mol. The van der Waals surface area contributed by atoms with Crippen LogP contribution < -0.4 is 5.32 Å². The SMILES string of the molecule is CC(=O)NC(C)(C)c1ccc(Br)cn1. The third kappa shape index (κ3) is 2.80. The molecule has 0 aromatic carbocycles. The molecule has 0 spiro atoms. The van der Waals surface area contributed by atoms with Crippen LogP contribution in [0, 0.1) is 0 Å². The van der Waals surface area contributed by atoms with E-state index >= 15 is 0 Å². The van der Waals surface area contributed by atoms with Gasteiger partial charge in [-0.3, -0.25) is 9.78 Å². The molecule has 76 valence electrons. The Morgan fingerprint density at radius 1 is 1.50 bits per heavy atom. The normalized spacial score (nSPS) is 11.1. The van der Waals surface area contributed by atoms with Crippen molar-refractivity contribution in [3.8, 4) is 0 Å². The fourth-order valence-electron chi connectivity index (χ4n) is 1.25. The molecule has 1 amide bonds. The lowest BCUT2D eigenvalue weighted by Gasteiger charge is -2.24. The summed E-state index contributed by atoms with van der Waals surface area (Å²) < 4.78 is 0.930. The zero-order valence-electron chi connectivity index (χ0n) is 8.47. The molecule has 14 heavy (non-hydrogen) atoms. The van der Waals surface area contributed by atoms with Gasteiger partial charge < -0.3 is 5.32 Å². The summed E-state index contributed by atoms with van der Waals surface area (Å²) in [6.07, 6.45) is 1.72. The first-order valence-electron chi connectivity index (χ1n) is 4.32. The summed E-state index contributed by atoms with van der Waals surface area (Å²) in [6, 6.07) is 3.80. The summed E-state index contributed by atoms with van der Waals surface area (Å²) in [5.74, 6) is -0.0558. The second-order valence-corrected chi connectivity index (χ2v) is 4.58. The fraction of sp³-hybridized carbons (Fsp3) is 0.400. The predicted molar refractivity (Wildman–Crippen MR) is 58.8 cm³/mol. The molecule has 1 aromatic rings. The molecule has 0 saturated carbocycles. The van der Waals surface area contributed by atoms with Crippen molar-refractivity contribution in [2.24, 2.45) is 0 Å². The third-order valence-electron chi connectivity index (χ3n) is 1.86. The van der Waals surface area contributed by atoms with Gasteiger partial charge in [0.15, 0.2) is 0 Å². The number of carbonyl (C=O) groups excluding carboxylic acids is 1. The molecule has 0 aliphatic heterocycles. The van der Waals surface area contributed by atoms with Gasteiger partial charge in [0.1, 0.15) is 0 Å². The monoisotopic (exact) mass is 256 g/mol. The van der Waals surface area contributed by atoms with Crippen LogP contribution in [0.1, 0.15) is 26.5 Å². The van der Waals surface area contributed by atoms with Gasteiger partial charge in [-0.2, -0.15) is 0 Å². The number of rotatable bonds is 2. The lowest BCUT2D eigenvalue weighted by molar-refractivity contribution is -0.120. The molecule has 1 heterocycles. The Morgan fingerprint density at radius 3 is 2.57 bits per heavy atom. The molecule has 1 rings (SSSR count). The Balaban J connectivity index is 2.91. The molecule has 0 fully saturated rings. The number of hydrogen-bond donors (Lipinski definition) is 1. The second kappa shape index (κ2) is 4.09. The molecule has 0 unspecified atom stereocenters. The van der Waals surface area contributed by atoms with Gasteiger partial charge >= 0.3 is 0 Å². The van der Waals surface area contributed by atoms with Crippen molar-refractivity contribution in [1.29, 1.82) is 0 Å². The van der Waals surface area contributed by atoms with Gasteiger partial charge in [0.25, 0.3) is 0 Å². The van der Waals surface area contributed by atoms with Gasteiger partial charge in [-0.25, -0.2) is 0 Å². The molecule has 1 N–H and O–H groups in total. The number of nitrogens with one attached hydrogen (secondary N) is 1. The van der Waals surface area contributed by atoms with Gasteiger partial charge in [-0.1, -0.05) is 0 Å². The standard InChI is InChI=1S/C10H13BrN2O/c1-7(14)13-10(2,3)9-5-4-8(11)6-12-9/h4-6H,1-3H3,(H,13,14). The molecule has 1 aromatic heterocycles. The molecule has 0 saturated heterocycles. The number of amides is 1. The van der Waals surface area contributed by atoms with E-state index in [-0.39, 0.29) is 5.91 Å². The number of pyridine rings is 1. The minimum atomic E-state index is -0.424. The fourth-order valence-corrected chi connectivity index (χ4v) is 1.48. The summed E-state index contributed by atoms with van der Waals surface area (Å²) in [5.41, 5.74) is 0.419. The zero-order valence-corrected chi connectivity index (χ0v) is 10.1. The maximum atomic E-state index is 11.0. The van der Waals surface area contributed by atoms with Gasteiger partial charge in [0.2, 0.25) is 5.91 Å². The van der Waals surface area contributed by atoms with E-state index in [1.54, 1.807) is 6.20 Å². The van der Waals surface area contributed by atoms with E-state index in [2.05, 4.69) is 26.2 Å². The van der Waals surface area contributed by atoms with Crippen LogP contribution in [0.2, 0.25) is 0 Å². The van der Waals surface area contributed by atoms with E-state index in [0.29, 0.717) is 0 Å². The molecule has 3 nitrogen and oxygen atoms in total. The highest BCUT2D eigenvalue weighted by Gasteiger charge is 2.22. The van der Waals surface area contributed by atoms with Crippen molar-refractivity contribution in [2.75, 3.05) is 0 Å². The van der Waals surface area contributed by atoms with Crippen molar-refractivity contribution in [1.82, 2.24) is 10.3 Å². The summed E-state index contributed by atoms with van der Waals surface area (Å²) in [4.78, 5) is 15.2. The Kier molecular flexibility index (Phi) is 3.26. The number of aromatic nitrogens is 1. The predicted octanol–water partition coefficient (Wildman–Crippen LogP) is 2.22. The molecule has 0 atom stereocenters. The average Bonchev–Trinajstić information content (AvgIpc) is 2.02. The first-order valence-corrected chi connectivity index (χ1v) is 5.12. The summed E-state index contributed by atoms with van der Waals surface area (Å²) in [7, 11) is 0. The van der Waals surface area contributed by atoms with Crippen LogP contribution in [-0.2, 0) is 10.3 Å². The van der Waals surface area contributed by atoms with Crippen molar-refractivity contribution in [3.05, 3.63) is 28.5 Å². The van der Waals surface area contributed by atoms with E-state index in [0.717, 1.165) is 10.2 Å². The quantitative estimate of drug-likeness (QED) is 0.882. The Hall–Kier alpha value is -0.900. The lowest BCUT2D eigenvalue weighted by atomic mass is 10.00. The maximum absolute atomic E-state index is 11.0. The van der Waals surface area contributed by atoms with E-state index in [9.17, 15) is 4.79 Å². The minimum absolute atomic E-state index is 0.0558. The molecule has 0 radical (unpaired) electrons. The third-order valence-corrected chi connectivity index (χ3v) is 2.33. The van der Waals surface area contributed by atoms with E-state index in [1.165, 1.54) is 6.92 Å². The van der Waals surface area contributed by atoms with Crippen molar-refractivity contribution < 1.29 is 4.79 Å². The van der Waals surface area contributed by atoms with Crippen molar-refractivity contribution >= 4 is 21.8 Å². The number of carbonyl (C=O) groups is 1. The zero-order chi connectivity index (χ0) is 10.8. The van der Waals surface area contributed by atoms with Crippen LogP contribution in [-0.4, -0.2) is 10.9 Å².